The highest BCUT2D eigenvalue weighted by molar-refractivity contribution is 5.71. The smallest absolute Gasteiger partial charge is 0.311 e. The summed E-state index contributed by atoms with van der Waals surface area (Å²) in [6, 6.07) is 5.75. The Kier molecular flexibility index (Phi) is 5.02. The van der Waals surface area contributed by atoms with Crippen LogP contribution in [0.15, 0.2) is 24.4 Å². The van der Waals surface area contributed by atoms with Crippen LogP contribution >= 0.6 is 0 Å². The van der Waals surface area contributed by atoms with Crippen molar-refractivity contribution in [3.63, 3.8) is 0 Å². The van der Waals surface area contributed by atoms with E-state index in [2.05, 4.69) is 14.9 Å². The van der Waals surface area contributed by atoms with Gasteiger partial charge in [0.25, 0.3) is 0 Å². The lowest BCUT2D eigenvalue weighted by Gasteiger charge is -2.29. The van der Waals surface area contributed by atoms with Crippen LogP contribution in [0.25, 0.3) is 0 Å². The summed E-state index contributed by atoms with van der Waals surface area (Å²) in [5.74, 6) is 1.75. The number of fused-ring (bicyclic) bond motifs is 1. The van der Waals surface area contributed by atoms with Crippen molar-refractivity contribution in [2.45, 2.75) is 19.4 Å². The maximum atomic E-state index is 11.4. The molecule has 0 saturated heterocycles. The van der Waals surface area contributed by atoms with E-state index in [0.717, 1.165) is 24.3 Å². The third-order valence-electron chi connectivity index (χ3n) is 4.25. The molecule has 2 heterocycles. The van der Waals surface area contributed by atoms with Crippen LogP contribution in [0, 0.1) is 0 Å². The Balaban J connectivity index is 1.83. The van der Waals surface area contributed by atoms with Gasteiger partial charge in [0.05, 0.1) is 33.4 Å². The van der Waals surface area contributed by atoms with Crippen molar-refractivity contribution in [2.75, 3.05) is 32.8 Å². The van der Waals surface area contributed by atoms with Gasteiger partial charge in [-0.2, -0.15) is 0 Å². The van der Waals surface area contributed by atoms with Gasteiger partial charge < -0.3 is 19.1 Å². The van der Waals surface area contributed by atoms with Gasteiger partial charge in [-0.05, 0) is 35.7 Å². The molecule has 0 N–H and O–H groups in total. The molecule has 1 aliphatic rings. The molecule has 132 valence electrons. The van der Waals surface area contributed by atoms with Gasteiger partial charge >= 0.3 is 5.97 Å². The number of carbonyl (C=O) groups is 1. The number of esters is 1. The summed E-state index contributed by atoms with van der Waals surface area (Å²) in [6.45, 7) is 1.47. The van der Waals surface area contributed by atoms with Crippen LogP contribution in [0.4, 0.5) is 5.95 Å². The van der Waals surface area contributed by atoms with Gasteiger partial charge in [-0.1, -0.05) is 0 Å². The molecule has 0 radical (unpaired) electrons. The monoisotopic (exact) mass is 343 g/mol. The van der Waals surface area contributed by atoms with E-state index < -0.39 is 0 Å². The molecule has 7 nitrogen and oxygen atoms in total. The van der Waals surface area contributed by atoms with Gasteiger partial charge in [0.1, 0.15) is 0 Å². The Labute approximate surface area is 146 Å². The van der Waals surface area contributed by atoms with Crippen molar-refractivity contribution < 1.29 is 19.0 Å². The largest absolute Gasteiger partial charge is 0.493 e. The van der Waals surface area contributed by atoms with Crippen molar-refractivity contribution in [3.8, 4) is 11.5 Å². The maximum absolute atomic E-state index is 11.4. The number of aromatic nitrogens is 2. The Morgan fingerprint density at radius 3 is 2.56 bits per heavy atom. The standard InChI is InChI=1S/C18H21N3O4/c1-23-15-8-12-5-7-21(11-13(12)9-16(15)24-2)18-19-6-4-14(20-18)10-17(22)25-3/h4,6,8-9H,5,7,10-11H2,1-3H3. The fraction of sp³-hybridized carbons (Fsp3) is 0.389. The van der Waals surface area contributed by atoms with E-state index in [9.17, 15) is 4.79 Å². The quantitative estimate of drug-likeness (QED) is 0.766. The predicted molar refractivity (Wildman–Crippen MR) is 92.1 cm³/mol. The van der Waals surface area contributed by atoms with Gasteiger partial charge in [-0.3, -0.25) is 4.79 Å². The molecule has 0 bridgehead atoms. The van der Waals surface area contributed by atoms with E-state index in [1.165, 1.54) is 12.7 Å². The molecule has 2 aromatic rings. The molecule has 1 aliphatic heterocycles. The summed E-state index contributed by atoms with van der Waals surface area (Å²) < 4.78 is 15.5. The van der Waals surface area contributed by atoms with Gasteiger partial charge in [0.15, 0.2) is 11.5 Å². The molecule has 0 saturated carbocycles. The fourth-order valence-corrected chi connectivity index (χ4v) is 2.91. The minimum atomic E-state index is -0.314. The summed E-state index contributed by atoms with van der Waals surface area (Å²) in [5.41, 5.74) is 3.04. The molecule has 0 aliphatic carbocycles. The number of carbonyl (C=O) groups excluding carboxylic acids is 1. The minimum Gasteiger partial charge on any atom is -0.493 e. The molecule has 25 heavy (non-hydrogen) atoms. The topological polar surface area (TPSA) is 73.8 Å². The summed E-state index contributed by atoms with van der Waals surface area (Å²) in [7, 11) is 4.64. The molecular weight excluding hydrogens is 322 g/mol. The van der Waals surface area contributed by atoms with Crippen molar-refractivity contribution in [2.24, 2.45) is 0 Å². The number of anilines is 1. The van der Waals surface area contributed by atoms with E-state index in [1.807, 2.05) is 12.1 Å². The first-order valence-electron chi connectivity index (χ1n) is 8.02. The summed E-state index contributed by atoms with van der Waals surface area (Å²) in [6.07, 6.45) is 2.67. The highest BCUT2D eigenvalue weighted by Crippen LogP contribution is 2.33. The zero-order chi connectivity index (χ0) is 17.8. The first-order valence-corrected chi connectivity index (χ1v) is 8.02. The lowest BCUT2D eigenvalue weighted by atomic mass is 9.99. The second kappa shape index (κ2) is 7.38. The predicted octanol–water partition coefficient (Wildman–Crippen LogP) is 1.77. The number of rotatable bonds is 5. The van der Waals surface area contributed by atoms with Gasteiger partial charge in [0, 0.05) is 19.3 Å². The van der Waals surface area contributed by atoms with Crippen molar-refractivity contribution in [3.05, 3.63) is 41.2 Å². The molecule has 3 rings (SSSR count). The van der Waals surface area contributed by atoms with Crippen LogP contribution in [0.5, 0.6) is 11.5 Å². The number of hydrogen-bond acceptors (Lipinski definition) is 7. The van der Waals surface area contributed by atoms with E-state index in [1.54, 1.807) is 26.5 Å². The lowest BCUT2D eigenvalue weighted by molar-refractivity contribution is -0.139. The number of ether oxygens (including phenoxy) is 3. The lowest BCUT2D eigenvalue weighted by Crippen LogP contribution is -2.32. The van der Waals surface area contributed by atoms with E-state index >= 15 is 0 Å². The Bertz CT molecular complexity index is 779. The van der Waals surface area contributed by atoms with Gasteiger partial charge in [-0.15, -0.1) is 0 Å². The third kappa shape index (κ3) is 3.65. The average Bonchev–Trinajstić information content (AvgIpc) is 2.66. The normalized spacial score (nSPS) is 13.2. The zero-order valence-corrected chi connectivity index (χ0v) is 14.6. The summed E-state index contributed by atoms with van der Waals surface area (Å²) in [4.78, 5) is 22.4. The van der Waals surface area contributed by atoms with Crippen LogP contribution in [0.2, 0.25) is 0 Å². The Hall–Kier alpha value is -2.83. The molecule has 0 fully saturated rings. The van der Waals surface area contributed by atoms with Crippen LogP contribution in [-0.4, -0.2) is 43.8 Å². The molecule has 0 unspecified atom stereocenters. The van der Waals surface area contributed by atoms with Crippen LogP contribution in [0.1, 0.15) is 16.8 Å². The minimum absolute atomic E-state index is 0.140. The fourth-order valence-electron chi connectivity index (χ4n) is 2.91. The first kappa shape index (κ1) is 17.0. The van der Waals surface area contributed by atoms with E-state index in [4.69, 9.17) is 14.2 Å². The first-order chi connectivity index (χ1) is 12.1. The molecule has 1 aromatic carbocycles. The third-order valence-corrected chi connectivity index (χ3v) is 4.25. The van der Waals surface area contributed by atoms with Crippen LogP contribution < -0.4 is 14.4 Å². The number of nitrogens with zero attached hydrogens (tertiary/aromatic N) is 3. The Morgan fingerprint density at radius 1 is 1.16 bits per heavy atom. The van der Waals surface area contributed by atoms with Crippen molar-refractivity contribution >= 4 is 11.9 Å². The second-order valence-corrected chi connectivity index (χ2v) is 5.75. The Morgan fingerprint density at radius 2 is 1.88 bits per heavy atom. The van der Waals surface area contributed by atoms with E-state index in [-0.39, 0.29) is 12.4 Å². The van der Waals surface area contributed by atoms with E-state index in [0.29, 0.717) is 23.9 Å². The maximum Gasteiger partial charge on any atom is 0.311 e. The molecule has 0 spiro atoms. The van der Waals surface area contributed by atoms with Crippen molar-refractivity contribution in [1.29, 1.82) is 0 Å². The average molecular weight is 343 g/mol. The van der Waals surface area contributed by atoms with Crippen LogP contribution in [-0.2, 0) is 28.9 Å². The van der Waals surface area contributed by atoms with Gasteiger partial charge in [-0.25, -0.2) is 9.97 Å². The van der Waals surface area contributed by atoms with Crippen molar-refractivity contribution in [1.82, 2.24) is 9.97 Å². The molecule has 0 amide bonds. The van der Waals surface area contributed by atoms with Crippen LogP contribution in [0.3, 0.4) is 0 Å². The number of methoxy groups -OCH3 is 3. The summed E-state index contributed by atoms with van der Waals surface area (Å²) >= 11 is 0. The number of hydrogen-bond donors (Lipinski definition) is 0. The molecule has 7 heteroatoms. The highest BCUT2D eigenvalue weighted by Gasteiger charge is 2.21. The molecule has 0 atom stereocenters. The second-order valence-electron chi connectivity index (χ2n) is 5.75. The summed E-state index contributed by atoms with van der Waals surface area (Å²) in [5, 5.41) is 0. The van der Waals surface area contributed by atoms with Gasteiger partial charge in [0.2, 0.25) is 5.95 Å². The SMILES string of the molecule is COC(=O)Cc1ccnc(N2CCc3cc(OC)c(OC)cc3C2)n1. The molecule has 1 aromatic heterocycles. The highest BCUT2D eigenvalue weighted by atomic mass is 16.5. The zero-order valence-electron chi connectivity index (χ0n) is 14.6. The molecular formula is C18H21N3O4. The number of benzene rings is 1.